The van der Waals surface area contributed by atoms with Crippen molar-refractivity contribution in [2.45, 2.75) is 31.7 Å². The number of carbonyl (C=O) groups is 1. The van der Waals surface area contributed by atoms with E-state index in [0.717, 1.165) is 47.8 Å². The number of aromatic amines is 2. The van der Waals surface area contributed by atoms with Crippen molar-refractivity contribution in [3.05, 3.63) is 41.1 Å². The van der Waals surface area contributed by atoms with E-state index < -0.39 is 5.97 Å². The van der Waals surface area contributed by atoms with Crippen molar-refractivity contribution in [1.82, 2.24) is 19.5 Å². The number of allylic oxidation sites excluding steroid dienone is 1. The Labute approximate surface area is 137 Å². The summed E-state index contributed by atoms with van der Waals surface area (Å²) in [6.45, 7) is 0. The van der Waals surface area contributed by atoms with Crippen molar-refractivity contribution in [2.75, 3.05) is 0 Å². The normalized spacial score (nSPS) is 21.8. The molecule has 24 heavy (non-hydrogen) atoms. The van der Waals surface area contributed by atoms with Gasteiger partial charge in [-0.2, -0.15) is 0 Å². The van der Waals surface area contributed by atoms with Gasteiger partial charge in [-0.05, 0) is 31.2 Å². The van der Waals surface area contributed by atoms with E-state index in [1.807, 2.05) is 16.8 Å². The van der Waals surface area contributed by atoms with Crippen LogP contribution in [0.2, 0.25) is 0 Å². The van der Waals surface area contributed by atoms with Gasteiger partial charge in [0.1, 0.15) is 5.65 Å². The topological polar surface area (TPSA) is 104 Å². The number of rotatable bonds is 3. The second-order valence-corrected chi connectivity index (χ2v) is 6.34. The van der Waals surface area contributed by atoms with Gasteiger partial charge in [-0.1, -0.05) is 12.5 Å². The Bertz CT molecular complexity index is 994. The molecule has 0 radical (unpaired) electrons. The lowest BCUT2D eigenvalue weighted by Gasteiger charge is -2.28. The molecule has 7 heteroatoms. The molecule has 3 heterocycles. The van der Waals surface area contributed by atoms with Gasteiger partial charge in [0.2, 0.25) is 0 Å². The molecule has 3 N–H and O–H groups in total. The van der Waals surface area contributed by atoms with Crippen molar-refractivity contribution in [2.24, 2.45) is 5.92 Å². The number of carboxylic acids is 1. The number of aromatic nitrogens is 4. The summed E-state index contributed by atoms with van der Waals surface area (Å²) in [5, 5.41) is 9.74. The van der Waals surface area contributed by atoms with Crippen molar-refractivity contribution < 1.29 is 9.90 Å². The monoisotopic (exact) mass is 326 g/mol. The first-order chi connectivity index (χ1) is 11.6. The van der Waals surface area contributed by atoms with Crippen LogP contribution in [0.1, 0.15) is 31.7 Å². The van der Waals surface area contributed by atoms with Gasteiger partial charge in [0, 0.05) is 23.7 Å². The molecule has 1 aliphatic rings. The number of hydrogen-bond donors (Lipinski definition) is 3. The smallest absolute Gasteiger partial charge is 0.327 e. The Morgan fingerprint density at radius 1 is 1.42 bits per heavy atom. The lowest BCUT2D eigenvalue weighted by atomic mass is 9.85. The number of H-pyrrole nitrogens is 2. The number of hydrogen-bond acceptors (Lipinski definition) is 3. The maximum atomic E-state index is 12.5. The number of pyridine rings is 1. The van der Waals surface area contributed by atoms with Crippen LogP contribution >= 0.6 is 0 Å². The fourth-order valence-corrected chi connectivity index (χ4v) is 3.80. The Balaban J connectivity index is 1.78. The fourth-order valence-electron chi connectivity index (χ4n) is 3.80. The summed E-state index contributed by atoms with van der Waals surface area (Å²) in [6, 6.07) is 1.99. The van der Waals surface area contributed by atoms with E-state index in [9.17, 15) is 9.59 Å². The predicted molar refractivity (Wildman–Crippen MR) is 90.0 cm³/mol. The summed E-state index contributed by atoms with van der Waals surface area (Å²) in [6.07, 6.45) is 10.1. The average molecular weight is 326 g/mol. The molecule has 124 valence electrons. The zero-order valence-electron chi connectivity index (χ0n) is 13.0. The minimum Gasteiger partial charge on any atom is -0.478 e. The van der Waals surface area contributed by atoms with Gasteiger partial charge in [-0.3, -0.25) is 4.57 Å². The highest BCUT2D eigenvalue weighted by Gasteiger charge is 2.25. The summed E-state index contributed by atoms with van der Waals surface area (Å²) < 4.78 is 1.83. The minimum atomic E-state index is -0.929. The van der Waals surface area contributed by atoms with Crippen molar-refractivity contribution in [3.8, 4) is 0 Å². The summed E-state index contributed by atoms with van der Waals surface area (Å²) in [4.78, 5) is 33.6. The molecular weight excluding hydrogens is 308 g/mol. The number of nitrogens with zero attached hydrogens (tertiary/aromatic N) is 2. The van der Waals surface area contributed by atoms with Crippen LogP contribution in [0.5, 0.6) is 0 Å². The lowest BCUT2D eigenvalue weighted by molar-refractivity contribution is -0.131. The molecule has 1 fully saturated rings. The molecule has 0 bridgehead atoms. The van der Waals surface area contributed by atoms with Crippen LogP contribution in [-0.2, 0) is 4.79 Å². The summed E-state index contributed by atoms with van der Waals surface area (Å²) >= 11 is 0. The van der Waals surface area contributed by atoms with E-state index >= 15 is 0 Å². The Morgan fingerprint density at radius 2 is 2.29 bits per heavy atom. The standard InChI is InChI=1S/C17H18N4O3/c22-14(23)5-4-10-2-1-3-11(8-10)21-15-12-6-7-18-16(12)19-9-13(15)20-17(21)24/h4-7,9-11H,1-3,8H2,(H,18,19)(H,20,24)(H,22,23)/t10-,11-/m0/s1. The van der Waals surface area contributed by atoms with Gasteiger partial charge in [0.25, 0.3) is 0 Å². The SMILES string of the molecule is O=C(O)C=C[C@@H]1CCC[C@H](n2c(=O)[nH]c3cnc4[nH]ccc4c32)C1. The molecule has 0 spiro atoms. The first-order valence-corrected chi connectivity index (χ1v) is 8.11. The Morgan fingerprint density at radius 3 is 3.12 bits per heavy atom. The number of fused-ring (bicyclic) bond motifs is 3. The van der Waals surface area contributed by atoms with Crippen LogP contribution in [0.3, 0.4) is 0 Å². The molecule has 0 aliphatic heterocycles. The highest BCUT2D eigenvalue weighted by atomic mass is 16.4. The third-order valence-corrected chi connectivity index (χ3v) is 4.82. The van der Waals surface area contributed by atoms with E-state index in [4.69, 9.17) is 5.11 Å². The Hall–Kier alpha value is -2.83. The quantitative estimate of drug-likeness (QED) is 0.643. The van der Waals surface area contributed by atoms with Crippen molar-refractivity contribution in [3.63, 3.8) is 0 Å². The molecule has 4 rings (SSSR count). The highest BCUT2D eigenvalue weighted by molar-refractivity contribution is 6.00. The molecule has 3 aromatic heterocycles. The largest absolute Gasteiger partial charge is 0.478 e. The zero-order valence-corrected chi connectivity index (χ0v) is 13.0. The summed E-state index contributed by atoms with van der Waals surface area (Å²) in [7, 11) is 0. The lowest BCUT2D eigenvalue weighted by Crippen LogP contribution is -2.26. The molecule has 1 aliphatic carbocycles. The third-order valence-electron chi connectivity index (χ3n) is 4.82. The summed E-state index contributed by atoms with van der Waals surface area (Å²) in [5.41, 5.74) is 2.23. The van der Waals surface area contributed by atoms with E-state index in [1.165, 1.54) is 6.08 Å². The maximum absolute atomic E-state index is 12.5. The predicted octanol–water partition coefficient (Wildman–Crippen LogP) is 2.58. The first-order valence-electron chi connectivity index (χ1n) is 8.11. The molecule has 3 aromatic rings. The van der Waals surface area contributed by atoms with E-state index in [-0.39, 0.29) is 17.6 Å². The van der Waals surface area contributed by atoms with E-state index in [0.29, 0.717) is 0 Å². The molecule has 0 saturated heterocycles. The van der Waals surface area contributed by atoms with Gasteiger partial charge in [-0.25, -0.2) is 14.6 Å². The summed E-state index contributed by atoms with van der Waals surface area (Å²) in [5.74, 6) is -0.748. The first kappa shape index (κ1) is 14.7. The molecular formula is C17H18N4O3. The van der Waals surface area contributed by atoms with Gasteiger partial charge in [0.15, 0.2) is 0 Å². The van der Waals surface area contributed by atoms with Gasteiger partial charge in [0.05, 0.1) is 17.2 Å². The van der Waals surface area contributed by atoms with Crippen LogP contribution in [-0.4, -0.2) is 30.6 Å². The highest BCUT2D eigenvalue weighted by Crippen LogP contribution is 2.35. The van der Waals surface area contributed by atoms with Gasteiger partial charge in [-0.15, -0.1) is 0 Å². The van der Waals surface area contributed by atoms with Crippen LogP contribution in [0.15, 0.2) is 35.4 Å². The van der Waals surface area contributed by atoms with Gasteiger partial charge < -0.3 is 15.1 Å². The second kappa shape index (κ2) is 5.67. The molecule has 2 atom stereocenters. The van der Waals surface area contributed by atoms with Crippen LogP contribution < -0.4 is 5.69 Å². The van der Waals surface area contributed by atoms with Gasteiger partial charge >= 0.3 is 11.7 Å². The van der Waals surface area contributed by atoms with Crippen LogP contribution in [0.25, 0.3) is 22.1 Å². The van der Waals surface area contributed by atoms with Crippen LogP contribution in [0.4, 0.5) is 0 Å². The fraction of sp³-hybridized carbons (Fsp3) is 0.353. The Kier molecular flexibility index (Phi) is 3.48. The van der Waals surface area contributed by atoms with E-state index in [2.05, 4.69) is 15.0 Å². The number of aliphatic carboxylic acids is 1. The zero-order chi connectivity index (χ0) is 16.7. The number of nitrogens with one attached hydrogen (secondary N) is 2. The molecule has 0 amide bonds. The third kappa shape index (κ3) is 2.42. The molecule has 7 nitrogen and oxygen atoms in total. The molecule has 0 aromatic carbocycles. The van der Waals surface area contributed by atoms with Crippen molar-refractivity contribution in [1.29, 1.82) is 0 Å². The maximum Gasteiger partial charge on any atom is 0.327 e. The second-order valence-electron chi connectivity index (χ2n) is 6.34. The molecule has 0 unspecified atom stereocenters. The minimum absolute atomic E-state index is 0.0592. The molecule has 1 saturated carbocycles. The average Bonchev–Trinajstić information content (AvgIpc) is 3.16. The van der Waals surface area contributed by atoms with Crippen molar-refractivity contribution >= 4 is 28.0 Å². The number of imidazole rings is 1. The van der Waals surface area contributed by atoms with Crippen LogP contribution in [0, 0.1) is 5.92 Å². The number of carboxylic acid groups (broad SMARTS) is 1. The van der Waals surface area contributed by atoms with E-state index in [1.54, 1.807) is 12.3 Å².